The number of nitrogens with one attached hydrogen (secondary N) is 2. The standard InChI is InChI=1S/C19H31N3O2.HI/c1-3-24-18-8-5-4-7-17(18)11-13-22-19(20-2)21-12-6-14-23-15-16-9-10-16;/h4-5,7-8,16H,3,6,9-15H2,1-2H3,(H2,20,21,22);1H. The molecule has 0 radical (unpaired) electrons. The van der Waals surface area contributed by atoms with Crippen LogP contribution < -0.4 is 15.4 Å². The van der Waals surface area contributed by atoms with Crippen molar-refractivity contribution in [2.45, 2.75) is 32.6 Å². The zero-order chi connectivity index (χ0) is 17.0. The summed E-state index contributed by atoms with van der Waals surface area (Å²) < 4.78 is 11.3. The van der Waals surface area contributed by atoms with E-state index in [1.807, 2.05) is 25.1 Å². The second-order valence-corrected chi connectivity index (χ2v) is 6.09. The van der Waals surface area contributed by atoms with Crippen LogP contribution >= 0.6 is 24.0 Å². The number of para-hydroxylation sites is 1. The number of nitrogens with zero attached hydrogens (tertiary/aromatic N) is 1. The maximum Gasteiger partial charge on any atom is 0.190 e. The topological polar surface area (TPSA) is 54.9 Å². The fourth-order valence-electron chi connectivity index (χ4n) is 2.46. The summed E-state index contributed by atoms with van der Waals surface area (Å²) in [5.74, 6) is 2.65. The fraction of sp³-hybridized carbons (Fsp3) is 0.632. The van der Waals surface area contributed by atoms with Gasteiger partial charge < -0.3 is 20.1 Å². The largest absolute Gasteiger partial charge is 0.494 e. The number of rotatable bonds is 11. The van der Waals surface area contributed by atoms with Crippen LogP contribution in [0.5, 0.6) is 5.75 Å². The van der Waals surface area contributed by atoms with Crippen LogP contribution in [0.4, 0.5) is 0 Å². The summed E-state index contributed by atoms with van der Waals surface area (Å²) in [4.78, 5) is 4.26. The molecule has 0 aromatic heterocycles. The molecule has 0 aliphatic heterocycles. The maximum atomic E-state index is 5.66. The molecule has 0 amide bonds. The van der Waals surface area contributed by atoms with Gasteiger partial charge in [-0.3, -0.25) is 4.99 Å². The summed E-state index contributed by atoms with van der Waals surface area (Å²) in [6.07, 6.45) is 4.60. The predicted octanol–water partition coefficient (Wildman–Crippen LogP) is 3.23. The summed E-state index contributed by atoms with van der Waals surface area (Å²) in [5.41, 5.74) is 1.22. The molecule has 0 unspecified atom stereocenters. The van der Waals surface area contributed by atoms with Gasteiger partial charge >= 0.3 is 0 Å². The van der Waals surface area contributed by atoms with Crippen LogP contribution in [0.25, 0.3) is 0 Å². The Bertz CT molecular complexity index is 507. The molecular formula is C19H32IN3O2. The number of aliphatic imine (C=N–C) groups is 1. The summed E-state index contributed by atoms with van der Waals surface area (Å²) in [5, 5.41) is 6.68. The molecular weight excluding hydrogens is 429 g/mol. The van der Waals surface area contributed by atoms with Crippen LogP contribution in [0.15, 0.2) is 29.3 Å². The Balaban J connectivity index is 0.00000312. The molecule has 1 aliphatic carbocycles. The van der Waals surface area contributed by atoms with Crippen LogP contribution in [0.3, 0.4) is 0 Å². The highest BCUT2D eigenvalue weighted by Crippen LogP contribution is 2.28. The summed E-state index contributed by atoms with van der Waals surface area (Å²) in [6.45, 7) is 6.15. The minimum atomic E-state index is 0. The summed E-state index contributed by atoms with van der Waals surface area (Å²) >= 11 is 0. The van der Waals surface area contributed by atoms with Crippen LogP contribution in [-0.2, 0) is 11.2 Å². The molecule has 1 aromatic rings. The first-order chi connectivity index (χ1) is 11.8. The van der Waals surface area contributed by atoms with Gasteiger partial charge in [-0.05, 0) is 50.2 Å². The third-order valence-corrected chi connectivity index (χ3v) is 3.99. The number of halogens is 1. The summed E-state index contributed by atoms with van der Waals surface area (Å²) in [7, 11) is 1.80. The lowest BCUT2D eigenvalue weighted by Crippen LogP contribution is -2.39. The molecule has 0 bridgehead atoms. The lowest BCUT2D eigenvalue weighted by Gasteiger charge is -2.13. The van der Waals surface area contributed by atoms with Crippen molar-refractivity contribution >= 4 is 29.9 Å². The predicted molar refractivity (Wildman–Crippen MR) is 114 cm³/mol. The Labute approximate surface area is 169 Å². The SMILES string of the molecule is CCOc1ccccc1CCNC(=NC)NCCCOCC1CC1.I. The normalized spacial score (nSPS) is 13.9. The number of hydrogen-bond acceptors (Lipinski definition) is 3. The van der Waals surface area contributed by atoms with Gasteiger partial charge in [0, 0.05) is 33.4 Å². The highest BCUT2D eigenvalue weighted by atomic mass is 127. The maximum absolute atomic E-state index is 5.66. The quantitative estimate of drug-likeness (QED) is 0.230. The lowest BCUT2D eigenvalue weighted by atomic mass is 10.1. The van der Waals surface area contributed by atoms with E-state index < -0.39 is 0 Å². The van der Waals surface area contributed by atoms with Crippen LogP contribution in [0, 0.1) is 5.92 Å². The molecule has 0 saturated heterocycles. The molecule has 2 rings (SSSR count). The van der Waals surface area contributed by atoms with Crippen molar-refractivity contribution in [3.05, 3.63) is 29.8 Å². The second kappa shape index (κ2) is 13.2. The van der Waals surface area contributed by atoms with E-state index in [0.717, 1.165) is 56.8 Å². The number of hydrogen-bond donors (Lipinski definition) is 2. The van der Waals surface area contributed by atoms with Crippen molar-refractivity contribution in [3.63, 3.8) is 0 Å². The summed E-state index contributed by atoms with van der Waals surface area (Å²) in [6, 6.07) is 8.19. The minimum Gasteiger partial charge on any atom is -0.494 e. The number of ether oxygens (including phenoxy) is 2. The molecule has 1 aromatic carbocycles. The van der Waals surface area contributed by atoms with Crippen molar-refractivity contribution in [2.24, 2.45) is 10.9 Å². The highest BCUT2D eigenvalue weighted by molar-refractivity contribution is 14.0. The fourth-order valence-corrected chi connectivity index (χ4v) is 2.46. The van der Waals surface area contributed by atoms with Crippen molar-refractivity contribution in [1.82, 2.24) is 10.6 Å². The average Bonchev–Trinajstić information content (AvgIpc) is 3.42. The molecule has 0 atom stereocenters. The van der Waals surface area contributed by atoms with E-state index in [-0.39, 0.29) is 24.0 Å². The van der Waals surface area contributed by atoms with E-state index in [1.54, 1.807) is 7.05 Å². The van der Waals surface area contributed by atoms with Gasteiger partial charge in [0.15, 0.2) is 5.96 Å². The van der Waals surface area contributed by atoms with Gasteiger partial charge in [-0.25, -0.2) is 0 Å². The van der Waals surface area contributed by atoms with Gasteiger partial charge in [0.1, 0.15) is 5.75 Å². The lowest BCUT2D eigenvalue weighted by molar-refractivity contribution is 0.123. The molecule has 1 saturated carbocycles. The Morgan fingerprint density at radius 2 is 1.96 bits per heavy atom. The molecule has 0 heterocycles. The van der Waals surface area contributed by atoms with E-state index in [1.165, 1.54) is 18.4 Å². The van der Waals surface area contributed by atoms with Gasteiger partial charge in [-0.2, -0.15) is 0 Å². The van der Waals surface area contributed by atoms with E-state index >= 15 is 0 Å². The van der Waals surface area contributed by atoms with E-state index in [9.17, 15) is 0 Å². The average molecular weight is 461 g/mol. The van der Waals surface area contributed by atoms with Crippen molar-refractivity contribution < 1.29 is 9.47 Å². The Morgan fingerprint density at radius 3 is 2.68 bits per heavy atom. The molecule has 1 aliphatic rings. The third-order valence-electron chi connectivity index (χ3n) is 3.99. The van der Waals surface area contributed by atoms with Gasteiger partial charge in [0.05, 0.1) is 6.61 Å². The molecule has 0 spiro atoms. The first-order valence-electron chi connectivity index (χ1n) is 9.06. The minimum absolute atomic E-state index is 0. The zero-order valence-electron chi connectivity index (χ0n) is 15.4. The molecule has 25 heavy (non-hydrogen) atoms. The van der Waals surface area contributed by atoms with Crippen LogP contribution in [0.1, 0.15) is 31.7 Å². The number of benzene rings is 1. The van der Waals surface area contributed by atoms with Gasteiger partial charge in [-0.15, -0.1) is 24.0 Å². The molecule has 6 heteroatoms. The first kappa shape index (κ1) is 22.0. The van der Waals surface area contributed by atoms with Crippen LogP contribution in [0.2, 0.25) is 0 Å². The van der Waals surface area contributed by atoms with Crippen molar-refractivity contribution in [1.29, 1.82) is 0 Å². The Hall–Kier alpha value is -1.02. The second-order valence-electron chi connectivity index (χ2n) is 6.09. The van der Waals surface area contributed by atoms with E-state index in [0.29, 0.717) is 6.61 Å². The van der Waals surface area contributed by atoms with E-state index in [2.05, 4.69) is 21.7 Å². The molecule has 5 nitrogen and oxygen atoms in total. The Morgan fingerprint density at radius 1 is 1.20 bits per heavy atom. The van der Waals surface area contributed by atoms with Crippen LogP contribution in [-0.4, -0.2) is 45.9 Å². The Kier molecular flexibility index (Phi) is 11.6. The van der Waals surface area contributed by atoms with Gasteiger partial charge in [0.25, 0.3) is 0 Å². The first-order valence-corrected chi connectivity index (χ1v) is 9.06. The molecule has 2 N–H and O–H groups in total. The van der Waals surface area contributed by atoms with Crippen molar-refractivity contribution in [3.8, 4) is 5.75 Å². The molecule has 1 fully saturated rings. The van der Waals surface area contributed by atoms with Gasteiger partial charge in [-0.1, -0.05) is 18.2 Å². The number of guanidine groups is 1. The smallest absolute Gasteiger partial charge is 0.190 e. The van der Waals surface area contributed by atoms with Crippen molar-refractivity contribution in [2.75, 3.05) is 40.0 Å². The zero-order valence-corrected chi connectivity index (χ0v) is 17.8. The molecule has 142 valence electrons. The highest BCUT2D eigenvalue weighted by Gasteiger charge is 2.20. The van der Waals surface area contributed by atoms with Gasteiger partial charge in [0.2, 0.25) is 0 Å². The monoisotopic (exact) mass is 461 g/mol. The van der Waals surface area contributed by atoms with E-state index in [4.69, 9.17) is 9.47 Å². The third kappa shape index (κ3) is 9.30.